The summed E-state index contributed by atoms with van der Waals surface area (Å²) in [6, 6.07) is 7.52. The van der Waals surface area contributed by atoms with Crippen LogP contribution >= 0.6 is 0 Å². The summed E-state index contributed by atoms with van der Waals surface area (Å²) in [7, 11) is 0. The van der Waals surface area contributed by atoms with E-state index in [1.165, 1.54) is 25.7 Å². The van der Waals surface area contributed by atoms with Gasteiger partial charge in [-0.05, 0) is 18.8 Å². The number of benzene rings is 1. The van der Waals surface area contributed by atoms with Crippen LogP contribution in [0.2, 0.25) is 0 Å². The Kier molecular flexibility index (Phi) is 4.51. The molecule has 2 fully saturated rings. The van der Waals surface area contributed by atoms with Crippen LogP contribution in [0.1, 0.15) is 37.3 Å². The molecule has 1 saturated carbocycles. The summed E-state index contributed by atoms with van der Waals surface area (Å²) in [6.07, 6.45) is 4.91. The number of para-hydroxylation sites is 1. The number of nitro benzene ring substituents is 1. The van der Waals surface area contributed by atoms with Gasteiger partial charge >= 0.3 is 0 Å². The molecule has 1 N–H and O–H groups in total. The largest absolute Gasteiger partial charge is 0.314 e. The maximum Gasteiger partial charge on any atom is 0.274 e. The van der Waals surface area contributed by atoms with E-state index in [0.29, 0.717) is 5.92 Å². The Morgan fingerprint density at radius 1 is 1.19 bits per heavy atom. The number of nitro groups is 1. The van der Waals surface area contributed by atoms with E-state index in [4.69, 9.17) is 0 Å². The molecule has 0 amide bonds. The number of nitrogens with one attached hydrogen (secondary N) is 1. The topological polar surface area (TPSA) is 58.4 Å². The van der Waals surface area contributed by atoms with E-state index >= 15 is 0 Å². The van der Waals surface area contributed by atoms with Crippen LogP contribution in [0, 0.1) is 16.0 Å². The van der Waals surface area contributed by atoms with Gasteiger partial charge in [0, 0.05) is 43.9 Å². The Morgan fingerprint density at radius 3 is 2.52 bits per heavy atom. The highest BCUT2D eigenvalue weighted by molar-refractivity contribution is 5.42. The second-order valence-corrected chi connectivity index (χ2v) is 6.09. The molecule has 0 spiro atoms. The summed E-state index contributed by atoms with van der Waals surface area (Å²) in [5, 5.41) is 14.8. The van der Waals surface area contributed by atoms with Crippen LogP contribution in [0.4, 0.5) is 5.69 Å². The summed E-state index contributed by atoms with van der Waals surface area (Å²) in [5.74, 6) is 0.559. The predicted octanol–water partition coefficient (Wildman–Crippen LogP) is 2.73. The third kappa shape index (κ3) is 3.09. The van der Waals surface area contributed by atoms with Crippen molar-refractivity contribution in [3.05, 3.63) is 39.9 Å². The summed E-state index contributed by atoms with van der Waals surface area (Å²) in [6.45, 7) is 3.91. The van der Waals surface area contributed by atoms with Gasteiger partial charge in [-0.3, -0.25) is 15.0 Å². The van der Waals surface area contributed by atoms with E-state index in [2.05, 4.69) is 10.2 Å². The number of rotatable bonds is 4. The molecule has 0 unspecified atom stereocenters. The summed E-state index contributed by atoms with van der Waals surface area (Å²) < 4.78 is 0. The fraction of sp³-hybridized carbons (Fsp3) is 0.625. The summed E-state index contributed by atoms with van der Waals surface area (Å²) in [4.78, 5) is 13.6. The third-order valence-corrected chi connectivity index (χ3v) is 4.84. The first kappa shape index (κ1) is 14.5. The Bertz CT molecular complexity index is 494. The van der Waals surface area contributed by atoms with Crippen LogP contribution in [0.3, 0.4) is 0 Å². The van der Waals surface area contributed by atoms with Gasteiger partial charge < -0.3 is 5.32 Å². The van der Waals surface area contributed by atoms with E-state index in [-0.39, 0.29) is 16.7 Å². The van der Waals surface area contributed by atoms with E-state index < -0.39 is 0 Å². The minimum absolute atomic E-state index is 0.205. The smallest absolute Gasteiger partial charge is 0.274 e. The lowest BCUT2D eigenvalue weighted by Gasteiger charge is -2.38. The van der Waals surface area contributed by atoms with E-state index in [1.807, 2.05) is 12.1 Å². The molecule has 21 heavy (non-hydrogen) atoms. The second-order valence-electron chi connectivity index (χ2n) is 6.09. The predicted molar refractivity (Wildman–Crippen MR) is 82.2 cm³/mol. The number of piperazine rings is 1. The lowest BCUT2D eigenvalue weighted by atomic mass is 9.89. The Balaban J connectivity index is 1.96. The van der Waals surface area contributed by atoms with Crippen LogP contribution < -0.4 is 5.32 Å². The highest BCUT2D eigenvalue weighted by Crippen LogP contribution is 2.42. The van der Waals surface area contributed by atoms with Gasteiger partial charge in [-0.1, -0.05) is 31.0 Å². The van der Waals surface area contributed by atoms with E-state index in [1.54, 1.807) is 12.1 Å². The normalized spacial score (nSPS) is 22.3. The van der Waals surface area contributed by atoms with Crippen LogP contribution in [0.15, 0.2) is 24.3 Å². The van der Waals surface area contributed by atoms with Gasteiger partial charge in [0.2, 0.25) is 0 Å². The maximum absolute atomic E-state index is 11.4. The molecule has 1 aliphatic carbocycles. The molecule has 0 radical (unpaired) electrons. The highest BCUT2D eigenvalue weighted by Gasteiger charge is 2.35. The highest BCUT2D eigenvalue weighted by atomic mass is 16.6. The Hall–Kier alpha value is -1.46. The van der Waals surface area contributed by atoms with Crippen molar-refractivity contribution in [1.29, 1.82) is 0 Å². The molecular formula is C16H23N3O2. The van der Waals surface area contributed by atoms with Crippen LogP contribution in [0.25, 0.3) is 0 Å². The zero-order valence-corrected chi connectivity index (χ0v) is 12.3. The first-order valence-corrected chi connectivity index (χ1v) is 7.95. The minimum atomic E-state index is -0.223. The quantitative estimate of drug-likeness (QED) is 0.684. The monoisotopic (exact) mass is 289 g/mol. The molecule has 2 aliphatic rings. The van der Waals surface area contributed by atoms with Gasteiger partial charge in [0.05, 0.1) is 4.92 Å². The average Bonchev–Trinajstić information content (AvgIpc) is 3.03. The molecule has 5 nitrogen and oxygen atoms in total. The van der Waals surface area contributed by atoms with Crippen LogP contribution in [-0.2, 0) is 0 Å². The molecule has 1 aromatic rings. The van der Waals surface area contributed by atoms with Crippen LogP contribution in [0.5, 0.6) is 0 Å². The van der Waals surface area contributed by atoms with Gasteiger partial charge in [-0.15, -0.1) is 0 Å². The Labute approximate surface area is 125 Å². The third-order valence-electron chi connectivity index (χ3n) is 4.84. The molecule has 1 aromatic carbocycles. The molecule has 0 bridgehead atoms. The van der Waals surface area contributed by atoms with Gasteiger partial charge in [0.15, 0.2) is 0 Å². The Morgan fingerprint density at radius 2 is 1.86 bits per heavy atom. The molecule has 0 aromatic heterocycles. The van der Waals surface area contributed by atoms with Crippen molar-refractivity contribution >= 4 is 5.69 Å². The molecule has 1 heterocycles. The SMILES string of the molecule is O=[N+]([O-])c1ccccc1[C@@H](C1CCCC1)N1CCNCC1. The standard InChI is InChI=1S/C16H23N3O2/c20-19(21)15-8-4-3-7-14(15)16(13-5-1-2-6-13)18-11-9-17-10-12-18/h3-4,7-8,13,16-17H,1-2,5-6,9-12H2/t16-/m1/s1. The van der Waals surface area contributed by atoms with Gasteiger partial charge in [0.25, 0.3) is 5.69 Å². The van der Waals surface area contributed by atoms with E-state index in [9.17, 15) is 10.1 Å². The first-order valence-electron chi connectivity index (χ1n) is 7.95. The van der Waals surface area contributed by atoms with Crippen molar-refractivity contribution in [2.45, 2.75) is 31.7 Å². The van der Waals surface area contributed by atoms with Gasteiger partial charge in [-0.25, -0.2) is 0 Å². The minimum Gasteiger partial charge on any atom is -0.314 e. The van der Waals surface area contributed by atoms with Crippen LogP contribution in [-0.4, -0.2) is 36.0 Å². The van der Waals surface area contributed by atoms with Crippen molar-refractivity contribution in [3.8, 4) is 0 Å². The van der Waals surface area contributed by atoms with Crippen molar-refractivity contribution in [2.75, 3.05) is 26.2 Å². The summed E-state index contributed by atoms with van der Waals surface area (Å²) >= 11 is 0. The maximum atomic E-state index is 11.4. The first-order chi connectivity index (χ1) is 10.3. The van der Waals surface area contributed by atoms with Crippen molar-refractivity contribution in [3.63, 3.8) is 0 Å². The average molecular weight is 289 g/mol. The zero-order valence-electron chi connectivity index (χ0n) is 12.3. The van der Waals surface area contributed by atoms with Crippen molar-refractivity contribution in [1.82, 2.24) is 10.2 Å². The van der Waals surface area contributed by atoms with Crippen molar-refractivity contribution in [2.24, 2.45) is 5.92 Å². The fourth-order valence-corrected chi connectivity index (χ4v) is 3.89. The van der Waals surface area contributed by atoms with Gasteiger partial charge in [-0.2, -0.15) is 0 Å². The number of nitrogens with zero attached hydrogens (tertiary/aromatic N) is 2. The molecule has 3 rings (SSSR count). The lowest BCUT2D eigenvalue weighted by molar-refractivity contribution is -0.386. The zero-order chi connectivity index (χ0) is 14.7. The second kappa shape index (κ2) is 6.54. The molecule has 5 heteroatoms. The molecular weight excluding hydrogens is 266 g/mol. The lowest BCUT2D eigenvalue weighted by Crippen LogP contribution is -2.46. The summed E-state index contributed by atoms with van der Waals surface area (Å²) in [5.41, 5.74) is 1.20. The molecule has 1 saturated heterocycles. The van der Waals surface area contributed by atoms with Gasteiger partial charge in [0.1, 0.15) is 0 Å². The van der Waals surface area contributed by atoms with E-state index in [0.717, 1.165) is 31.7 Å². The molecule has 114 valence electrons. The van der Waals surface area contributed by atoms with Crippen molar-refractivity contribution < 1.29 is 4.92 Å². The number of hydrogen-bond donors (Lipinski definition) is 1. The fourth-order valence-electron chi connectivity index (χ4n) is 3.89. The number of hydrogen-bond acceptors (Lipinski definition) is 4. The molecule has 1 aliphatic heterocycles. The molecule has 1 atom stereocenters.